The van der Waals surface area contributed by atoms with Crippen LogP contribution in [-0.2, 0) is 0 Å². The number of hydrogen-bond donors (Lipinski definition) is 1. The Morgan fingerprint density at radius 1 is 0.737 bits per heavy atom. The summed E-state index contributed by atoms with van der Waals surface area (Å²) in [6, 6.07) is 0.623. The second-order valence-corrected chi connectivity index (χ2v) is 7.02. The highest BCUT2D eigenvalue weighted by Crippen LogP contribution is 2.07. The molecule has 1 N–H and O–H groups in total. The third-order valence-corrected chi connectivity index (χ3v) is 3.50. The van der Waals surface area contributed by atoms with Gasteiger partial charge >= 0.3 is 0 Å². The quantitative estimate of drug-likeness (QED) is 0.536. The number of rotatable bonds is 12. The normalized spacial score (nSPS) is 12.3. The molecule has 0 spiro atoms. The molecule has 0 aromatic heterocycles. The zero-order valence-electron chi connectivity index (χ0n) is 14.3. The van der Waals surface area contributed by atoms with Crippen LogP contribution < -0.4 is 5.32 Å². The summed E-state index contributed by atoms with van der Waals surface area (Å²) in [5, 5.41) is 3.50. The number of nitrogens with one attached hydrogen (secondary N) is 1. The predicted molar refractivity (Wildman–Crippen MR) is 87.7 cm³/mol. The second-order valence-electron chi connectivity index (χ2n) is 7.02. The molecule has 0 saturated carbocycles. The highest BCUT2D eigenvalue weighted by molar-refractivity contribution is 4.62. The van der Waals surface area contributed by atoms with Crippen molar-refractivity contribution < 1.29 is 0 Å². The molecule has 0 rings (SSSR count). The summed E-state index contributed by atoms with van der Waals surface area (Å²) in [6.45, 7) is 18.7. The minimum absolute atomic E-state index is 0.623. The van der Waals surface area contributed by atoms with Crippen molar-refractivity contribution >= 4 is 0 Å². The Balaban J connectivity index is 3.77. The smallest absolute Gasteiger partial charge is 0.00103 e. The van der Waals surface area contributed by atoms with Crippen molar-refractivity contribution in [2.45, 2.75) is 73.3 Å². The molecule has 0 radical (unpaired) electrons. The van der Waals surface area contributed by atoms with Crippen LogP contribution in [0.2, 0.25) is 0 Å². The van der Waals surface area contributed by atoms with Gasteiger partial charge in [0.1, 0.15) is 0 Å². The van der Waals surface area contributed by atoms with Crippen molar-refractivity contribution in [3.8, 4) is 0 Å². The van der Waals surface area contributed by atoms with E-state index < -0.39 is 0 Å². The van der Waals surface area contributed by atoms with Gasteiger partial charge in [-0.3, -0.25) is 0 Å². The predicted octanol–water partition coefficient (Wildman–Crippen LogP) is 4.16. The van der Waals surface area contributed by atoms with Gasteiger partial charge in [-0.15, -0.1) is 0 Å². The van der Waals surface area contributed by atoms with Crippen molar-refractivity contribution in [2.24, 2.45) is 11.8 Å². The Hall–Kier alpha value is -0.0800. The van der Waals surface area contributed by atoms with Gasteiger partial charge < -0.3 is 10.2 Å². The summed E-state index contributed by atoms with van der Waals surface area (Å²) < 4.78 is 0. The summed E-state index contributed by atoms with van der Waals surface area (Å²) in [4.78, 5) is 2.68. The Kier molecular flexibility index (Phi) is 11.7. The third kappa shape index (κ3) is 14.1. The van der Waals surface area contributed by atoms with E-state index in [0.717, 1.165) is 11.8 Å². The Morgan fingerprint density at radius 2 is 1.26 bits per heavy atom. The van der Waals surface area contributed by atoms with Crippen molar-refractivity contribution in [3.63, 3.8) is 0 Å². The van der Waals surface area contributed by atoms with E-state index in [1.54, 1.807) is 0 Å². The molecule has 0 saturated heterocycles. The minimum Gasteiger partial charge on any atom is -0.315 e. The van der Waals surface area contributed by atoms with E-state index in [4.69, 9.17) is 0 Å². The lowest BCUT2D eigenvalue weighted by molar-refractivity contribution is 0.238. The standard InChI is InChI=1S/C17H38N2/c1-15(2)9-13-19(14-10-16(3)4)12-8-7-11-18-17(5)6/h15-18H,7-14H2,1-6H3. The second kappa shape index (κ2) is 11.7. The van der Waals surface area contributed by atoms with Gasteiger partial charge in [0.2, 0.25) is 0 Å². The van der Waals surface area contributed by atoms with Gasteiger partial charge in [-0.05, 0) is 63.7 Å². The number of nitrogens with zero attached hydrogens (tertiary/aromatic N) is 1. The van der Waals surface area contributed by atoms with Gasteiger partial charge in [-0.1, -0.05) is 41.5 Å². The zero-order valence-corrected chi connectivity index (χ0v) is 14.3. The summed E-state index contributed by atoms with van der Waals surface area (Å²) in [6.07, 6.45) is 5.30. The molecule has 0 unspecified atom stereocenters. The van der Waals surface area contributed by atoms with Crippen LogP contribution in [0.3, 0.4) is 0 Å². The van der Waals surface area contributed by atoms with Crippen LogP contribution in [0, 0.1) is 11.8 Å². The van der Waals surface area contributed by atoms with E-state index in [1.807, 2.05) is 0 Å². The molecule has 116 valence electrons. The maximum absolute atomic E-state index is 3.50. The van der Waals surface area contributed by atoms with Crippen LogP contribution >= 0.6 is 0 Å². The highest BCUT2D eigenvalue weighted by Gasteiger charge is 2.07. The maximum atomic E-state index is 3.50. The lowest BCUT2D eigenvalue weighted by Crippen LogP contribution is -2.30. The molecule has 0 aromatic carbocycles. The van der Waals surface area contributed by atoms with Crippen LogP contribution in [0.15, 0.2) is 0 Å². The first-order chi connectivity index (χ1) is 8.91. The van der Waals surface area contributed by atoms with E-state index in [0.29, 0.717) is 6.04 Å². The SMILES string of the molecule is CC(C)CCN(CCCCNC(C)C)CCC(C)C. The molecule has 0 heterocycles. The van der Waals surface area contributed by atoms with Crippen LogP contribution in [0.1, 0.15) is 67.2 Å². The van der Waals surface area contributed by atoms with Crippen molar-refractivity contribution in [2.75, 3.05) is 26.2 Å². The topological polar surface area (TPSA) is 15.3 Å². The van der Waals surface area contributed by atoms with E-state index in [2.05, 4.69) is 51.8 Å². The molecule has 0 fully saturated rings. The molecule has 0 aliphatic rings. The van der Waals surface area contributed by atoms with Gasteiger partial charge in [-0.25, -0.2) is 0 Å². The summed E-state index contributed by atoms with van der Waals surface area (Å²) in [5.41, 5.74) is 0. The molecule has 0 aliphatic carbocycles. The average molecular weight is 271 g/mol. The Morgan fingerprint density at radius 3 is 1.68 bits per heavy atom. The van der Waals surface area contributed by atoms with E-state index in [9.17, 15) is 0 Å². The van der Waals surface area contributed by atoms with E-state index in [-0.39, 0.29) is 0 Å². The van der Waals surface area contributed by atoms with Crippen molar-refractivity contribution in [1.29, 1.82) is 0 Å². The fourth-order valence-corrected chi connectivity index (χ4v) is 2.07. The third-order valence-electron chi connectivity index (χ3n) is 3.50. The van der Waals surface area contributed by atoms with Crippen LogP contribution in [-0.4, -0.2) is 37.1 Å². The molecule has 2 heteroatoms. The van der Waals surface area contributed by atoms with Gasteiger partial charge in [0.05, 0.1) is 0 Å². The molecule has 2 nitrogen and oxygen atoms in total. The van der Waals surface area contributed by atoms with Crippen molar-refractivity contribution in [3.05, 3.63) is 0 Å². The Bertz CT molecular complexity index is 176. The van der Waals surface area contributed by atoms with E-state index in [1.165, 1.54) is 51.9 Å². The molecule has 19 heavy (non-hydrogen) atoms. The van der Waals surface area contributed by atoms with Gasteiger partial charge in [0.25, 0.3) is 0 Å². The molecular weight excluding hydrogens is 232 g/mol. The first kappa shape index (κ1) is 18.9. The van der Waals surface area contributed by atoms with Gasteiger partial charge in [0, 0.05) is 6.04 Å². The summed E-state index contributed by atoms with van der Waals surface area (Å²) >= 11 is 0. The van der Waals surface area contributed by atoms with Crippen LogP contribution in [0.25, 0.3) is 0 Å². The van der Waals surface area contributed by atoms with Gasteiger partial charge in [-0.2, -0.15) is 0 Å². The molecule has 0 bridgehead atoms. The Labute approximate surface area is 122 Å². The summed E-state index contributed by atoms with van der Waals surface area (Å²) in [5.74, 6) is 1.65. The monoisotopic (exact) mass is 270 g/mol. The first-order valence-electron chi connectivity index (χ1n) is 8.37. The van der Waals surface area contributed by atoms with Crippen LogP contribution in [0.4, 0.5) is 0 Å². The molecule has 0 aromatic rings. The molecular formula is C17H38N2. The fraction of sp³-hybridized carbons (Fsp3) is 1.00. The highest BCUT2D eigenvalue weighted by atomic mass is 15.1. The van der Waals surface area contributed by atoms with Gasteiger partial charge in [0.15, 0.2) is 0 Å². The largest absolute Gasteiger partial charge is 0.315 e. The number of unbranched alkanes of at least 4 members (excludes halogenated alkanes) is 1. The lowest BCUT2D eigenvalue weighted by Gasteiger charge is -2.24. The van der Waals surface area contributed by atoms with Crippen LogP contribution in [0.5, 0.6) is 0 Å². The average Bonchev–Trinajstić information content (AvgIpc) is 2.30. The molecule has 0 aliphatic heterocycles. The maximum Gasteiger partial charge on any atom is 0.00103 e. The van der Waals surface area contributed by atoms with Crippen molar-refractivity contribution in [1.82, 2.24) is 10.2 Å². The zero-order chi connectivity index (χ0) is 14.7. The minimum atomic E-state index is 0.623. The fourth-order valence-electron chi connectivity index (χ4n) is 2.07. The molecule has 0 atom stereocenters. The number of hydrogen-bond acceptors (Lipinski definition) is 2. The first-order valence-corrected chi connectivity index (χ1v) is 8.37. The molecule has 0 amide bonds. The summed E-state index contributed by atoms with van der Waals surface area (Å²) in [7, 11) is 0. The lowest BCUT2D eigenvalue weighted by atomic mass is 10.1. The van der Waals surface area contributed by atoms with E-state index >= 15 is 0 Å².